The molecular formula is C20H20F6N4O2. The van der Waals surface area contributed by atoms with Crippen LogP contribution in [0, 0.1) is 0 Å². The van der Waals surface area contributed by atoms with Crippen LogP contribution in [0.25, 0.3) is 0 Å². The zero-order valence-electron chi connectivity index (χ0n) is 16.8. The predicted molar refractivity (Wildman–Crippen MR) is 106 cm³/mol. The molecule has 0 saturated carbocycles. The molecule has 0 saturated heterocycles. The lowest BCUT2D eigenvalue weighted by atomic mass is 10.2. The van der Waals surface area contributed by atoms with Gasteiger partial charge in [0.2, 0.25) is 0 Å². The number of nitrogens with zero attached hydrogens (tertiary/aromatic N) is 1. The Bertz CT molecular complexity index is 946. The molecule has 0 aliphatic rings. The molecule has 0 heterocycles. The standard InChI is InChI=1S/C20H20F6N4O2/c1-30(18(32)29-16-8-3-6-14(12-16)20(24,25)26)10-4-9-27-17(31)28-15-7-2-5-13(11-15)19(21,22)23/h2-3,5-8,11-12H,4,9-10H2,1H3,(H,29,32)(H2,27,28,31). The van der Waals surface area contributed by atoms with Crippen LogP contribution in [-0.2, 0) is 12.4 Å². The monoisotopic (exact) mass is 462 g/mol. The van der Waals surface area contributed by atoms with Gasteiger partial charge < -0.3 is 20.9 Å². The van der Waals surface area contributed by atoms with E-state index in [4.69, 9.17) is 0 Å². The van der Waals surface area contributed by atoms with Crippen LogP contribution >= 0.6 is 0 Å². The number of alkyl halides is 6. The van der Waals surface area contributed by atoms with Gasteiger partial charge in [-0.3, -0.25) is 0 Å². The highest BCUT2D eigenvalue weighted by molar-refractivity contribution is 5.90. The van der Waals surface area contributed by atoms with Crippen molar-refractivity contribution >= 4 is 23.4 Å². The van der Waals surface area contributed by atoms with Gasteiger partial charge in [-0.1, -0.05) is 12.1 Å². The summed E-state index contributed by atoms with van der Waals surface area (Å²) in [5.41, 5.74) is -1.84. The van der Waals surface area contributed by atoms with Gasteiger partial charge in [0.05, 0.1) is 11.1 Å². The van der Waals surface area contributed by atoms with Crippen LogP contribution in [0.4, 0.5) is 47.3 Å². The molecule has 3 N–H and O–H groups in total. The minimum absolute atomic E-state index is 0.0183. The van der Waals surface area contributed by atoms with Gasteiger partial charge in [-0.25, -0.2) is 9.59 Å². The Balaban J connectivity index is 1.75. The van der Waals surface area contributed by atoms with Gasteiger partial charge in [0.25, 0.3) is 0 Å². The molecule has 0 aromatic heterocycles. The highest BCUT2D eigenvalue weighted by atomic mass is 19.4. The average Bonchev–Trinajstić information content (AvgIpc) is 2.70. The minimum atomic E-state index is -4.53. The molecule has 0 bridgehead atoms. The lowest BCUT2D eigenvalue weighted by Gasteiger charge is -2.18. The number of nitrogens with one attached hydrogen (secondary N) is 3. The van der Waals surface area contributed by atoms with Crippen LogP contribution in [0.1, 0.15) is 17.5 Å². The lowest BCUT2D eigenvalue weighted by molar-refractivity contribution is -0.138. The van der Waals surface area contributed by atoms with E-state index in [2.05, 4.69) is 16.0 Å². The SMILES string of the molecule is CN(CCCNC(=O)Nc1cccc(C(F)(F)F)c1)C(=O)Nc1cccc(C(F)(F)F)c1. The molecule has 0 radical (unpaired) electrons. The first kappa shape index (κ1) is 24.8. The highest BCUT2D eigenvalue weighted by Gasteiger charge is 2.31. The summed E-state index contributed by atoms with van der Waals surface area (Å²) in [6.07, 6.45) is -8.77. The van der Waals surface area contributed by atoms with Gasteiger partial charge in [0.15, 0.2) is 0 Å². The molecule has 6 nitrogen and oxygen atoms in total. The summed E-state index contributed by atoms with van der Waals surface area (Å²) in [6, 6.07) is 6.97. The van der Waals surface area contributed by atoms with E-state index in [9.17, 15) is 35.9 Å². The summed E-state index contributed by atoms with van der Waals surface area (Å²) in [5, 5.41) is 7.07. The fourth-order valence-electron chi connectivity index (χ4n) is 2.56. The molecule has 2 aromatic carbocycles. The van der Waals surface area contributed by atoms with E-state index < -0.39 is 35.5 Å². The summed E-state index contributed by atoms with van der Waals surface area (Å²) in [5.74, 6) is 0. The van der Waals surface area contributed by atoms with Crippen molar-refractivity contribution < 1.29 is 35.9 Å². The first-order valence-corrected chi connectivity index (χ1v) is 9.28. The Labute approximate surface area is 179 Å². The predicted octanol–water partition coefficient (Wildman–Crippen LogP) is 5.40. The fraction of sp³-hybridized carbons (Fsp3) is 0.300. The number of amides is 4. The summed E-state index contributed by atoms with van der Waals surface area (Å²) in [6.45, 7) is 0.264. The number of carbonyl (C=O) groups excluding carboxylic acids is 2. The Morgan fingerprint density at radius 2 is 1.34 bits per heavy atom. The number of rotatable bonds is 6. The molecule has 0 fully saturated rings. The van der Waals surface area contributed by atoms with Gasteiger partial charge >= 0.3 is 24.4 Å². The first-order chi connectivity index (χ1) is 14.9. The van der Waals surface area contributed by atoms with Crippen LogP contribution in [-0.4, -0.2) is 37.1 Å². The third-order valence-electron chi connectivity index (χ3n) is 4.19. The van der Waals surface area contributed by atoms with E-state index in [1.807, 2.05) is 0 Å². The number of hydrogen-bond donors (Lipinski definition) is 3. The van der Waals surface area contributed by atoms with Gasteiger partial charge in [-0.15, -0.1) is 0 Å². The third kappa shape index (κ3) is 7.67. The summed E-state index contributed by atoms with van der Waals surface area (Å²) < 4.78 is 76.3. The zero-order chi connectivity index (χ0) is 23.9. The van der Waals surface area contributed by atoms with Gasteiger partial charge in [0.1, 0.15) is 0 Å². The summed E-state index contributed by atoms with van der Waals surface area (Å²) in [4.78, 5) is 25.1. The lowest BCUT2D eigenvalue weighted by Crippen LogP contribution is -2.35. The number of benzene rings is 2. The molecular weight excluding hydrogens is 442 g/mol. The third-order valence-corrected chi connectivity index (χ3v) is 4.19. The maximum atomic E-state index is 12.7. The molecule has 0 atom stereocenters. The van der Waals surface area contributed by atoms with Crippen molar-refractivity contribution in [3.8, 4) is 0 Å². The average molecular weight is 462 g/mol. The molecule has 0 aliphatic heterocycles. The van der Waals surface area contributed by atoms with Crippen molar-refractivity contribution in [1.82, 2.24) is 10.2 Å². The largest absolute Gasteiger partial charge is 0.416 e. The number of carbonyl (C=O) groups is 2. The van der Waals surface area contributed by atoms with Crippen molar-refractivity contribution in [1.29, 1.82) is 0 Å². The van der Waals surface area contributed by atoms with Crippen molar-refractivity contribution in [2.24, 2.45) is 0 Å². The molecule has 4 amide bonds. The molecule has 0 unspecified atom stereocenters. The quantitative estimate of drug-likeness (QED) is 0.397. The van der Waals surface area contributed by atoms with E-state index in [0.29, 0.717) is 6.42 Å². The van der Waals surface area contributed by atoms with Crippen LogP contribution < -0.4 is 16.0 Å². The van der Waals surface area contributed by atoms with Crippen molar-refractivity contribution in [3.63, 3.8) is 0 Å². The Kier molecular flexibility index (Phi) is 7.95. The van der Waals surface area contributed by atoms with E-state index in [1.165, 1.54) is 30.1 Å². The second-order valence-corrected chi connectivity index (χ2v) is 6.74. The summed E-state index contributed by atoms with van der Waals surface area (Å²) in [7, 11) is 1.42. The van der Waals surface area contributed by atoms with Gasteiger partial charge in [0, 0.05) is 31.5 Å². The zero-order valence-corrected chi connectivity index (χ0v) is 16.8. The maximum Gasteiger partial charge on any atom is 0.416 e. The molecule has 32 heavy (non-hydrogen) atoms. The molecule has 12 heteroatoms. The first-order valence-electron chi connectivity index (χ1n) is 9.28. The Morgan fingerprint density at radius 3 is 1.84 bits per heavy atom. The van der Waals surface area contributed by atoms with Crippen LogP contribution in [0.3, 0.4) is 0 Å². The van der Waals surface area contributed by atoms with Crippen molar-refractivity contribution in [2.45, 2.75) is 18.8 Å². The topological polar surface area (TPSA) is 73.5 Å². The maximum absolute atomic E-state index is 12.7. The fourth-order valence-corrected chi connectivity index (χ4v) is 2.56. The van der Waals surface area contributed by atoms with E-state index >= 15 is 0 Å². The molecule has 0 spiro atoms. The van der Waals surface area contributed by atoms with Crippen LogP contribution in [0.5, 0.6) is 0 Å². The molecule has 0 aliphatic carbocycles. The Morgan fingerprint density at radius 1 is 0.844 bits per heavy atom. The van der Waals surface area contributed by atoms with Crippen molar-refractivity contribution in [3.05, 3.63) is 59.7 Å². The second kappa shape index (κ2) is 10.2. The molecule has 2 aromatic rings. The van der Waals surface area contributed by atoms with E-state index in [1.54, 1.807) is 0 Å². The normalized spacial score (nSPS) is 11.6. The second-order valence-electron chi connectivity index (χ2n) is 6.74. The summed E-state index contributed by atoms with van der Waals surface area (Å²) >= 11 is 0. The van der Waals surface area contributed by atoms with Crippen LogP contribution in [0.2, 0.25) is 0 Å². The van der Waals surface area contributed by atoms with E-state index in [-0.39, 0.29) is 24.5 Å². The number of hydrogen-bond acceptors (Lipinski definition) is 2. The molecule has 2 rings (SSSR count). The smallest absolute Gasteiger partial charge is 0.338 e. The number of urea groups is 2. The van der Waals surface area contributed by atoms with Crippen molar-refractivity contribution in [2.75, 3.05) is 30.8 Å². The number of anilines is 2. The Hall–Kier alpha value is -3.44. The highest BCUT2D eigenvalue weighted by Crippen LogP contribution is 2.31. The van der Waals surface area contributed by atoms with Gasteiger partial charge in [-0.05, 0) is 42.8 Å². The van der Waals surface area contributed by atoms with Crippen LogP contribution in [0.15, 0.2) is 48.5 Å². The van der Waals surface area contributed by atoms with E-state index in [0.717, 1.165) is 30.3 Å². The number of halogens is 6. The minimum Gasteiger partial charge on any atom is -0.338 e. The molecule has 174 valence electrons. The van der Waals surface area contributed by atoms with Gasteiger partial charge in [-0.2, -0.15) is 26.3 Å².